The maximum absolute atomic E-state index is 12.9. The largest absolute Gasteiger partial charge is 0.494 e. The smallest absolute Gasteiger partial charge is 0.409 e. The zero-order valence-corrected chi connectivity index (χ0v) is 19.5. The molecule has 174 valence electrons. The number of nitrogens with one attached hydrogen (secondary N) is 1. The van der Waals surface area contributed by atoms with Crippen LogP contribution in [-0.4, -0.2) is 74.4 Å². The van der Waals surface area contributed by atoms with E-state index in [0.717, 1.165) is 23.5 Å². The van der Waals surface area contributed by atoms with E-state index in [-0.39, 0.29) is 12.5 Å². The third-order valence-electron chi connectivity index (χ3n) is 5.24. The lowest BCUT2D eigenvalue weighted by Crippen LogP contribution is -2.36. The molecule has 33 heavy (non-hydrogen) atoms. The Kier molecular flexibility index (Phi) is 6.90. The van der Waals surface area contributed by atoms with Gasteiger partial charge < -0.3 is 24.0 Å². The van der Waals surface area contributed by atoms with Crippen LogP contribution in [0.15, 0.2) is 30.5 Å². The molecule has 3 aromatic rings. The van der Waals surface area contributed by atoms with Crippen LogP contribution in [0, 0.1) is 0 Å². The van der Waals surface area contributed by atoms with E-state index in [2.05, 4.69) is 20.2 Å². The summed E-state index contributed by atoms with van der Waals surface area (Å²) in [6.45, 7) is 3.15. The third kappa shape index (κ3) is 4.99. The number of morpholine rings is 1. The number of nitrogens with zero attached hydrogens (tertiary/aromatic N) is 4. The zero-order valence-electron chi connectivity index (χ0n) is 18.7. The summed E-state index contributed by atoms with van der Waals surface area (Å²) in [5.41, 5.74) is 2.73. The summed E-state index contributed by atoms with van der Waals surface area (Å²) in [5, 5.41) is 3.35. The lowest BCUT2D eigenvalue weighted by molar-refractivity contribution is 0.102. The first-order valence-corrected chi connectivity index (χ1v) is 11.2. The van der Waals surface area contributed by atoms with Crippen LogP contribution in [0.1, 0.15) is 16.1 Å². The molecule has 10 nitrogen and oxygen atoms in total. The van der Waals surface area contributed by atoms with Gasteiger partial charge in [-0.15, -0.1) is 0 Å². The fourth-order valence-corrected chi connectivity index (χ4v) is 4.60. The van der Waals surface area contributed by atoms with Crippen LogP contribution >= 0.6 is 11.3 Å². The van der Waals surface area contributed by atoms with Crippen molar-refractivity contribution in [3.63, 3.8) is 0 Å². The number of hydrogen-bond donors (Lipinski definition) is 1. The van der Waals surface area contributed by atoms with E-state index >= 15 is 0 Å². The molecular formula is C22H25N5O5S. The van der Waals surface area contributed by atoms with Crippen molar-refractivity contribution in [2.24, 2.45) is 0 Å². The van der Waals surface area contributed by atoms with Gasteiger partial charge in [0, 0.05) is 31.9 Å². The molecule has 0 aliphatic carbocycles. The van der Waals surface area contributed by atoms with Crippen LogP contribution in [0.5, 0.6) is 5.75 Å². The second-order valence-corrected chi connectivity index (χ2v) is 8.40. The van der Waals surface area contributed by atoms with Crippen LogP contribution in [0.25, 0.3) is 10.2 Å². The maximum atomic E-state index is 12.9. The average Bonchev–Trinajstić information content (AvgIpc) is 3.27. The lowest BCUT2D eigenvalue weighted by atomic mass is 10.2. The number of carbonyl (C=O) groups excluding carboxylic acids is 2. The fraction of sp³-hybridized carbons (Fsp3) is 0.364. The van der Waals surface area contributed by atoms with Crippen molar-refractivity contribution >= 4 is 44.4 Å². The minimum atomic E-state index is -0.480. The fourth-order valence-electron chi connectivity index (χ4n) is 3.58. The number of thiazole rings is 1. The van der Waals surface area contributed by atoms with Gasteiger partial charge in [0.05, 0.1) is 50.1 Å². The van der Waals surface area contributed by atoms with Gasteiger partial charge in [0.25, 0.3) is 5.91 Å². The van der Waals surface area contributed by atoms with Crippen molar-refractivity contribution in [1.82, 2.24) is 14.9 Å². The lowest BCUT2D eigenvalue weighted by Gasteiger charge is -2.29. The molecular weight excluding hydrogens is 446 g/mol. The van der Waals surface area contributed by atoms with Crippen molar-refractivity contribution in [2.45, 2.75) is 6.54 Å². The highest BCUT2D eigenvalue weighted by Crippen LogP contribution is 2.39. The Morgan fingerprint density at radius 1 is 1.24 bits per heavy atom. The summed E-state index contributed by atoms with van der Waals surface area (Å²) in [6, 6.07) is 7.17. The highest BCUT2D eigenvalue weighted by Gasteiger charge is 2.20. The molecule has 4 rings (SSSR count). The minimum Gasteiger partial charge on any atom is -0.494 e. The molecule has 1 aliphatic rings. The predicted molar refractivity (Wildman–Crippen MR) is 125 cm³/mol. The van der Waals surface area contributed by atoms with Crippen LogP contribution < -0.4 is 15.0 Å². The second-order valence-electron chi connectivity index (χ2n) is 7.40. The minimum absolute atomic E-state index is 0.217. The Hall–Kier alpha value is -3.44. The van der Waals surface area contributed by atoms with E-state index < -0.39 is 6.09 Å². The number of pyridine rings is 1. The summed E-state index contributed by atoms with van der Waals surface area (Å²) in [4.78, 5) is 37.0. The zero-order chi connectivity index (χ0) is 23.4. The second kappa shape index (κ2) is 10.0. The molecule has 0 radical (unpaired) electrons. The number of carbonyl (C=O) groups is 2. The summed E-state index contributed by atoms with van der Waals surface area (Å²) < 4.78 is 16.6. The van der Waals surface area contributed by atoms with Gasteiger partial charge in [-0.1, -0.05) is 11.3 Å². The van der Waals surface area contributed by atoms with Crippen molar-refractivity contribution in [3.8, 4) is 5.75 Å². The monoisotopic (exact) mass is 471 g/mol. The number of anilines is 2. The Balaban J connectivity index is 1.57. The van der Waals surface area contributed by atoms with Crippen LogP contribution in [-0.2, 0) is 16.0 Å². The van der Waals surface area contributed by atoms with Gasteiger partial charge in [-0.25, -0.2) is 9.78 Å². The molecule has 3 heterocycles. The van der Waals surface area contributed by atoms with Gasteiger partial charge in [0.1, 0.15) is 11.3 Å². The van der Waals surface area contributed by atoms with Gasteiger partial charge in [0.2, 0.25) is 0 Å². The topological polar surface area (TPSA) is 106 Å². The van der Waals surface area contributed by atoms with E-state index in [1.165, 1.54) is 29.5 Å². The maximum Gasteiger partial charge on any atom is 0.409 e. The summed E-state index contributed by atoms with van der Waals surface area (Å²) in [5.74, 6) is 0.334. The van der Waals surface area contributed by atoms with Crippen LogP contribution in [0.2, 0.25) is 0 Å². The first kappa shape index (κ1) is 22.7. The summed E-state index contributed by atoms with van der Waals surface area (Å²) in [6.07, 6.45) is 1.05. The normalized spacial score (nSPS) is 13.6. The Morgan fingerprint density at radius 3 is 2.76 bits per heavy atom. The molecule has 1 aliphatic heterocycles. The molecule has 1 N–H and O–H groups in total. The molecule has 11 heteroatoms. The standard InChI is InChI=1S/C22H25N5O5S/c1-26(22(29)31-3)13-15-12-14(6-7-23-15)20(28)25-21-24-18-17(30-2)5-4-16(19(18)33-21)27-8-10-32-11-9-27/h4-7,12H,8-11,13H2,1-3H3,(H,24,25,28). The van der Waals surface area contributed by atoms with E-state index in [9.17, 15) is 9.59 Å². The van der Waals surface area contributed by atoms with E-state index in [4.69, 9.17) is 14.2 Å². The Morgan fingerprint density at radius 2 is 2.03 bits per heavy atom. The molecule has 2 aromatic heterocycles. The van der Waals surface area contributed by atoms with Crippen molar-refractivity contribution in [3.05, 3.63) is 41.7 Å². The highest BCUT2D eigenvalue weighted by atomic mass is 32.1. The van der Waals surface area contributed by atoms with Crippen molar-refractivity contribution in [1.29, 1.82) is 0 Å². The number of benzene rings is 1. The van der Waals surface area contributed by atoms with Crippen molar-refractivity contribution < 1.29 is 23.8 Å². The summed E-state index contributed by atoms with van der Waals surface area (Å²) in [7, 11) is 4.51. The van der Waals surface area contributed by atoms with Gasteiger partial charge in [-0.05, 0) is 24.3 Å². The Labute approximate surface area is 195 Å². The molecule has 0 spiro atoms. The van der Waals surface area contributed by atoms with Gasteiger partial charge >= 0.3 is 6.09 Å². The van der Waals surface area contributed by atoms with E-state index in [1.807, 2.05) is 12.1 Å². The molecule has 1 saturated heterocycles. The predicted octanol–water partition coefficient (Wildman–Crippen LogP) is 2.99. The number of amides is 2. The van der Waals surface area contributed by atoms with E-state index in [0.29, 0.717) is 40.9 Å². The number of aromatic nitrogens is 2. The quantitative estimate of drug-likeness (QED) is 0.585. The molecule has 1 fully saturated rings. The number of methoxy groups -OCH3 is 2. The highest BCUT2D eigenvalue weighted by molar-refractivity contribution is 7.23. The molecule has 1 aromatic carbocycles. The first-order valence-electron chi connectivity index (χ1n) is 10.4. The van der Waals surface area contributed by atoms with Crippen LogP contribution in [0.4, 0.5) is 15.6 Å². The van der Waals surface area contributed by atoms with Gasteiger partial charge in [-0.2, -0.15) is 0 Å². The first-order chi connectivity index (χ1) is 16.0. The molecule has 0 bridgehead atoms. The third-order valence-corrected chi connectivity index (χ3v) is 6.24. The SMILES string of the molecule is COC(=O)N(C)Cc1cc(C(=O)Nc2nc3c(OC)ccc(N4CCOCC4)c3s2)ccn1. The van der Waals surface area contributed by atoms with Crippen molar-refractivity contribution in [2.75, 3.05) is 57.8 Å². The molecule has 2 amide bonds. The molecule has 0 atom stereocenters. The summed E-state index contributed by atoms with van der Waals surface area (Å²) >= 11 is 1.40. The average molecular weight is 472 g/mol. The van der Waals surface area contributed by atoms with Gasteiger partial charge in [0.15, 0.2) is 5.13 Å². The van der Waals surface area contributed by atoms with Crippen LogP contribution in [0.3, 0.4) is 0 Å². The molecule has 0 saturated carbocycles. The molecule has 0 unspecified atom stereocenters. The number of hydrogen-bond acceptors (Lipinski definition) is 9. The number of fused-ring (bicyclic) bond motifs is 1. The van der Waals surface area contributed by atoms with E-state index in [1.54, 1.807) is 26.3 Å². The van der Waals surface area contributed by atoms with Gasteiger partial charge in [-0.3, -0.25) is 15.1 Å². The number of ether oxygens (including phenoxy) is 3. The Bertz CT molecular complexity index is 1160. The number of rotatable bonds is 6.